The van der Waals surface area contributed by atoms with E-state index in [0.29, 0.717) is 28.2 Å². The van der Waals surface area contributed by atoms with Crippen molar-refractivity contribution in [2.75, 3.05) is 19.4 Å². The van der Waals surface area contributed by atoms with E-state index in [1.807, 2.05) is 5.32 Å². The van der Waals surface area contributed by atoms with Crippen LogP contribution in [0.15, 0.2) is 53.1 Å². The molecule has 0 bridgehead atoms. The van der Waals surface area contributed by atoms with Crippen molar-refractivity contribution in [3.05, 3.63) is 71.4 Å². The van der Waals surface area contributed by atoms with Crippen LogP contribution in [-0.4, -0.2) is 46.9 Å². The van der Waals surface area contributed by atoms with E-state index in [1.54, 1.807) is 42.6 Å². The molecular formula is C25H21FN6O5. The predicted molar refractivity (Wildman–Crippen MR) is 130 cm³/mol. The van der Waals surface area contributed by atoms with Gasteiger partial charge in [-0.1, -0.05) is 6.07 Å². The number of nitrogens with two attached hydrogens (primary N) is 1. The molecule has 4 aromatic rings. The van der Waals surface area contributed by atoms with Gasteiger partial charge in [-0.3, -0.25) is 14.9 Å². The molecule has 0 unspecified atom stereocenters. The van der Waals surface area contributed by atoms with Gasteiger partial charge in [-0.05, 0) is 35.9 Å². The van der Waals surface area contributed by atoms with E-state index in [-0.39, 0.29) is 36.6 Å². The van der Waals surface area contributed by atoms with E-state index in [0.717, 1.165) is 5.56 Å². The number of nitrogens with one attached hydrogen (secondary N) is 2. The van der Waals surface area contributed by atoms with Crippen LogP contribution in [0.1, 0.15) is 27.7 Å². The Hall–Kier alpha value is -5.00. The number of ether oxygens (including phenoxy) is 1. The monoisotopic (exact) mass is 504 g/mol. The van der Waals surface area contributed by atoms with E-state index < -0.39 is 23.8 Å². The number of carbonyl (C=O) groups excluding carboxylic acids is 3. The Morgan fingerprint density at radius 2 is 2.14 bits per heavy atom. The van der Waals surface area contributed by atoms with Crippen LogP contribution in [-0.2, 0) is 11.3 Å². The van der Waals surface area contributed by atoms with Crippen LogP contribution in [0.3, 0.4) is 0 Å². The summed E-state index contributed by atoms with van der Waals surface area (Å²) >= 11 is 0. The Bertz CT molecular complexity index is 1520. The van der Waals surface area contributed by atoms with Gasteiger partial charge < -0.3 is 25.1 Å². The number of hydrogen-bond acceptors (Lipinski definition) is 8. The summed E-state index contributed by atoms with van der Waals surface area (Å²) in [6.45, 7) is 0.0609. The summed E-state index contributed by atoms with van der Waals surface area (Å²) in [6.07, 6.45) is 1.83. The molecule has 0 saturated carbocycles. The van der Waals surface area contributed by atoms with Crippen LogP contribution in [0, 0.1) is 5.82 Å². The summed E-state index contributed by atoms with van der Waals surface area (Å²) in [7, 11) is 1.32. The predicted octanol–water partition coefficient (Wildman–Crippen LogP) is 2.77. The lowest BCUT2D eigenvalue weighted by atomic mass is 10.1. The molecule has 0 fully saturated rings. The quantitative estimate of drug-likeness (QED) is 0.325. The van der Waals surface area contributed by atoms with E-state index in [4.69, 9.17) is 14.9 Å². The lowest BCUT2D eigenvalue weighted by Crippen LogP contribution is -2.42. The van der Waals surface area contributed by atoms with Gasteiger partial charge in [0.1, 0.15) is 23.1 Å². The molecule has 4 amide bonds. The maximum atomic E-state index is 14.8. The highest BCUT2D eigenvalue weighted by Gasteiger charge is 2.35. The highest BCUT2D eigenvalue weighted by Crippen LogP contribution is 2.33. The highest BCUT2D eigenvalue weighted by molar-refractivity contribution is 5.99. The molecule has 0 spiro atoms. The van der Waals surface area contributed by atoms with Crippen molar-refractivity contribution in [2.45, 2.75) is 12.6 Å². The Balaban J connectivity index is 1.45. The lowest BCUT2D eigenvalue weighted by Gasteiger charge is -2.23. The first-order valence-electron chi connectivity index (χ1n) is 11.2. The molecule has 37 heavy (non-hydrogen) atoms. The molecule has 3 aromatic heterocycles. The highest BCUT2D eigenvalue weighted by atomic mass is 19.1. The second kappa shape index (κ2) is 9.57. The van der Waals surface area contributed by atoms with Gasteiger partial charge in [0.05, 0.1) is 18.4 Å². The number of furan rings is 1. The van der Waals surface area contributed by atoms with Crippen molar-refractivity contribution in [1.82, 2.24) is 25.5 Å². The Kier molecular flexibility index (Phi) is 6.14. The van der Waals surface area contributed by atoms with E-state index in [9.17, 15) is 18.8 Å². The van der Waals surface area contributed by atoms with Crippen molar-refractivity contribution in [3.63, 3.8) is 0 Å². The number of amides is 4. The van der Waals surface area contributed by atoms with Gasteiger partial charge in [0.2, 0.25) is 6.41 Å². The van der Waals surface area contributed by atoms with E-state index in [1.165, 1.54) is 18.1 Å². The van der Waals surface area contributed by atoms with Crippen molar-refractivity contribution in [2.24, 2.45) is 0 Å². The number of hydrogen-bond donors (Lipinski definition) is 3. The van der Waals surface area contributed by atoms with Crippen LogP contribution in [0.5, 0.6) is 5.75 Å². The zero-order chi connectivity index (χ0) is 26.1. The fourth-order valence-corrected chi connectivity index (χ4v) is 4.21. The second-order valence-electron chi connectivity index (χ2n) is 8.29. The normalized spacial score (nSPS) is 13.4. The third kappa shape index (κ3) is 4.51. The molecule has 4 N–H and O–H groups in total. The van der Waals surface area contributed by atoms with Gasteiger partial charge in [-0.25, -0.2) is 19.2 Å². The molecule has 4 heterocycles. The standard InChI is InChI=1S/C25H21FN6O5/c1-36-19-5-2-14-10-32(24(34)22(14)23(19)26)11-17(31-25(35)29-12-33)20-8-16-18(37-20)6-4-15(30-16)13-3-7-21(27)28-9-13/h2-9,12,17H,10-11H2,1H3,(H2,27,28)(H2,29,31,33,35)/t17-/m0/s1. The van der Waals surface area contributed by atoms with Crippen molar-refractivity contribution in [1.29, 1.82) is 0 Å². The van der Waals surface area contributed by atoms with Gasteiger partial charge >= 0.3 is 6.03 Å². The summed E-state index contributed by atoms with van der Waals surface area (Å²) in [5.41, 5.74) is 8.39. The third-order valence-electron chi connectivity index (χ3n) is 5.99. The number of rotatable bonds is 7. The van der Waals surface area contributed by atoms with Gasteiger partial charge in [0.25, 0.3) is 5.91 Å². The first-order chi connectivity index (χ1) is 17.9. The SMILES string of the molecule is COc1ccc2c(c1F)C(=O)N(C[C@H](NC(=O)NC=O)c1cc3nc(-c4ccc(N)nc4)ccc3o1)C2. The largest absolute Gasteiger partial charge is 0.494 e. The van der Waals surface area contributed by atoms with Crippen LogP contribution >= 0.6 is 0 Å². The summed E-state index contributed by atoms with van der Waals surface area (Å²) in [5, 5.41) is 4.63. The first kappa shape index (κ1) is 23.7. The topological polar surface area (TPSA) is 153 Å². The molecule has 12 heteroatoms. The minimum absolute atomic E-state index is 0.0375. The molecule has 1 aromatic carbocycles. The molecule has 1 aliphatic rings. The van der Waals surface area contributed by atoms with Crippen molar-refractivity contribution in [3.8, 4) is 17.0 Å². The minimum Gasteiger partial charge on any atom is -0.494 e. The summed E-state index contributed by atoms with van der Waals surface area (Å²) in [5.74, 6) is -0.660. The first-order valence-corrected chi connectivity index (χ1v) is 11.2. The number of methoxy groups -OCH3 is 1. The zero-order valence-corrected chi connectivity index (χ0v) is 19.5. The van der Waals surface area contributed by atoms with Crippen LogP contribution in [0.4, 0.5) is 15.0 Å². The molecule has 5 rings (SSSR count). The van der Waals surface area contributed by atoms with Gasteiger partial charge in [-0.15, -0.1) is 0 Å². The maximum absolute atomic E-state index is 14.8. The number of pyridine rings is 2. The smallest absolute Gasteiger partial charge is 0.321 e. The van der Waals surface area contributed by atoms with E-state index >= 15 is 0 Å². The minimum atomic E-state index is -0.876. The number of nitrogen functional groups attached to an aromatic ring is 1. The molecule has 188 valence electrons. The maximum Gasteiger partial charge on any atom is 0.321 e. The number of fused-ring (bicyclic) bond motifs is 2. The average Bonchev–Trinajstić information content (AvgIpc) is 3.45. The number of benzene rings is 1. The molecule has 1 atom stereocenters. The second-order valence-corrected chi connectivity index (χ2v) is 8.29. The lowest BCUT2D eigenvalue weighted by molar-refractivity contribution is -0.108. The Labute approximate surface area is 209 Å². The van der Waals surface area contributed by atoms with Gasteiger partial charge in [0, 0.05) is 30.9 Å². The summed E-state index contributed by atoms with van der Waals surface area (Å²) < 4.78 is 25.7. The number of aromatic nitrogens is 2. The number of halogens is 1. The molecule has 0 saturated heterocycles. The van der Waals surface area contributed by atoms with Gasteiger partial charge in [0.15, 0.2) is 17.1 Å². The zero-order valence-electron chi connectivity index (χ0n) is 19.5. The number of carbonyl (C=O) groups is 3. The Morgan fingerprint density at radius 3 is 2.86 bits per heavy atom. The van der Waals surface area contributed by atoms with Crippen LogP contribution in [0.25, 0.3) is 22.4 Å². The molecule has 0 radical (unpaired) electrons. The molecule has 0 aliphatic carbocycles. The number of imide groups is 1. The number of urea groups is 1. The van der Waals surface area contributed by atoms with Crippen molar-refractivity contribution < 1.29 is 27.9 Å². The fraction of sp³-hybridized carbons (Fsp3) is 0.160. The molecular weight excluding hydrogens is 483 g/mol. The number of nitrogens with zero attached hydrogens (tertiary/aromatic N) is 3. The Morgan fingerprint density at radius 1 is 1.30 bits per heavy atom. The molecule has 11 nitrogen and oxygen atoms in total. The average molecular weight is 504 g/mol. The van der Waals surface area contributed by atoms with E-state index in [2.05, 4.69) is 15.3 Å². The summed E-state index contributed by atoms with van der Waals surface area (Å²) in [6, 6.07) is 9.96. The van der Waals surface area contributed by atoms with Crippen LogP contribution in [0.2, 0.25) is 0 Å². The molecule has 1 aliphatic heterocycles. The summed E-state index contributed by atoms with van der Waals surface area (Å²) in [4.78, 5) is 46.1. The third-order valence-corrected chi connectivity index (χ3v) is 5.99. The van der Waals surface area contributed by atoms with Gasteiger partial charge in [-0.2, -0.15) is 0 Å². The fourth-order valence-electron chi connectivity index (χ4n) is 4.21. The van der Waals surface area contributed by atoms with Crippen molar-refractivity contribution >= 4 is 35.3 Å². The van der Waals surface area contributed by atoms with Crippen LogP contribution < -0.4 is 21.1 Å². The number of anilines is 1.